The van der Waals surface area contributed by atoms with Crippen molar-refractivity contribution in [2.75, 3.05) is 13.7 Å². The van der Waals surface area contributed by atoms with Crippen molar-refractivity contribution < 1.29 is 14.3 Å². The zero-order valence-electron chi connectivity index (χ0n) is 9.76. The van der Waals surface area contributed by atoms with Crippen molar-refractivity contribution >= 4 is 11.7 Å². The summed E-state index contributed by atoms with van der Waals surface area (Å²) in [6.45, 7) is 0.671. The van der Waals surface area contributed by atoms with E-state index in [-0.39, 0.29) is 29.6 Å². The molecule has 0 aromatic heterocycles. The number of methoxy groups -OCH3 is 1. The van der Waals surface area contributed by atoms with Gasteiger partial charge in [0.05, 0.1) is 13.2 Å². The average molecular weight is 233 g/mol. The lowest BCUT2D eigenvalue weighted by Crippen LogP contribution is -2.51. The van der Waals surface area contributed by atoms with Gasteiger partial charge in [0.25, 0.3) is 0 Å². The van der Waals surface area contributed by atoms with Gasteiger partial charge >= 0.3 is 0 Å². The first-order valence-electron chi connectivity index (χ1n) is 5.98. The summed E-state index contributed by atoms with van der Waals surface area (Å²) >= 11 is 0. The largest absolute Gasteiger partial charge is 0.497 e. The lowest BCUT2D eigenvalue weighted by atomic mass is 9.78. The van der Waals surface area contributed by atoms with Gasteiger partial charge in [0.2, 0.25) is 5.91 Å². The molecule has 3 atom stereocenters. The fourth-order valence-electron chi connectivity index (χ4n) is 3.01. The first-order chi connectivity index (χ1) is 8.20. The molecule has 2 saturated heterocycles. The van der Waals surface area contributed by atoms with Gasteiger partial charge in [-0.05, 0) is 18.6 Å². The van der Waals surface area contributed by atoms with Crippen molar-refractivity contribution in [1.29, 1.82) is 0 Å². The molecule has 0 spiro atoms. The summed E-state index contributed by atoms with van der Waals surface area (Å²) in [5.74, 6) is 1.06. The molecule has 2 fully saturated rings. The van der Waals surface area contributed by atoms with Crippen LogP contribution in [-0.4, -0.2) is 36.3 Å². The topological polar surface area (TPSA) is 46.6 Å². The third-order valence-electron chi connectivity index (χ3n) is 3.94. The van der Waals surface area contributed by atoms with Crippen molar-refractivity contribution in [2.24, 2.45) is 11.8 Å². The molecule has 2 heterocycles. The highest BCUT2D eigenvalue weighted by atomic mass is 16.5. The molecular formula is C13H15NO3. The number of allylic oxidation sites excluding steroid dienone is 2. The fourth-order valence-corrected chi connectivity index (χ4v) is 3.01. The summed E-state index contributed by atoms with van der Waals surface area (Å²) in [6.07, 6.45) is 6.97. The van der Waals surface area contributed by atoms with Crippen molar-refractivity contribution in [3.8, 4) is 0 Å². The summed E-state index contributed by atoms with van der Waals surface area (Å²) in [7, 11) is 1.61. The van der Waals surface area contributed by atoms with Gasteiger partial charge in [-0.2, -0.15) is 0 Å². The maximum absolute atomic E-state index is 12.3. The van der Waals surface area contributed by atoms with E-state index in [1.807, 2.05) is 18.2 Å². The molecule has 3 aliphatic rings. The zero-order valence-corrected chi connectivity index (χ0v) is 9.76. The van der Waals surface area contributed by atoms with Crippen LogP contribution in [0.25, 0.3) is 0 Å². The summed E-state index contributed by atoms with van der Waals surface area (Å²) in [5, 5.41) is 0. The van der Waals surface area contributed by atoms with Gasteiger partial charge in [0.15, 0.2) is 5.78 Å². The summed E-state index contributed by atoms with van der Waals surface area (Å²) in [6, 6.07) is -0.190. The number of ether oxygens (including phenoxy) is 1. The van der Waals surface area contributed by atoms with Gasteiger partial charge in [-0.15, -0.1) is 0 Å². The Bertz CT molecular complexity index is 438. The van der Waals surface area contributed by atoms with Gasteiger partial charge in [0.1, 0.15) is 5.76 Å². The van der Waals surface area contributed by atoms with E-state index < -0.39 is 0 Å². The molecule has 4 nitrogen and oxygen atoms in total. The molecule has 1 amide bonds. The van der Waals surface area contributed by atoms with Crippen molar-refractivity contribution in [1.82, 2.24) is 4.90 Å². The molecule has 0 bridgehead atoms. The predicted molar refractivity (Wildman–Crippen MR) is 61.0 cm³/mol. The van der Waals surface area contributed by atoms with Crippen LogP contribution in [0.4, 0.5) is 0 Å². The second-order valence-corrected chi connectivity index (χ2v) is 4.82. The van der Waals surface area contributed by atoms with Crippen LogP contribution >= 0.6 is 0 Å². The minimum atomic E-state index is -0.190. The van der Waals surface area contributed by atoms with E-state index >= 15 is 0 Å². The van der Waals surface area contributed by atoms with Crippen LogP contribution in [0.5, 0.6) is 0 Å². The van der Waals surface area contributed by atoms with Gasteiger partial charge in [0, 0.05) is 24.8 Å². The number of carbonyl (C=O) groups excluding carboxylic acids is 2. The predicted octanol–water partition coefficient (Wildman–Crippen LogP) is 0.893. The molecular weight excluding hydrogens is 218 g/mol. The van der Waals surface area contributed by atoms with E-state index in [1.54, 1.807) is 12.0 Å². The molecule has 17 heavy (non-hydrogen) atoms. The number of rotatable bonds is 1. The lowest BCUT2D eigenvalue weighted by Gasteiger charge is -2.38. The molecule has 1 aliphatic carbocycles. The number of hydrogen-bond acceptors (Lipinski definition) is 3. The number of nitrogens with zero attached hydrogens (tertiary/aromatic N) is 1. The number of Topliss-reactive ketones (excluding diaryl/α,β-unsaturated/α-hetero) is 1. The van der Waals surface area contributed by atoms with Crippen LogP contribution in [0.1, 0.15) is 12.8 Å². The lowest BCUT2D eigenvalue weighted by molar-refractivity contribution is -0.140. The second-order valence-electron chi connectivity index (χ2n) is 4.82. The third kappa shape index (κ3) is 1.51. The number of ketones is 1. The van der Waals surface area contributed by atoms with Crippen LogP contribution in [-0.2, 0) is 14.3 Å². The van der Waals surface area contributed by atoms with Crippen molar-refractivity contribution in [2.45, 2.75) is 18.9 Å². The summed E-state index contributed by atoms with van der Waals surface area (Å²) in [4.78, 5) is 25.7. The number of piperidine rings is 1. The minimum Gasteiger partial charge on any atom is -0.497 e. The highest BCUT2D eigenvalue weighted by Gasteiger charge is 2.46. The molecule has 0 aromatic rings. The first-order valence-corrected chi connectivity index (χ1v) is 5.98. The Morgan fingerprint density at radius 2 is 2.24 bits per heavy atom. The van der Waals surface area contributed by atoms with E-state index in [0.29, 0.717) is 19.4 Å². The normalized spacial score (nSPS) is 35.5. The standard InChI is InChI=1S/C13H15NO3/c1-17-9-3-2-8-7-14-11(4-5-12(14)15)13(16)10(8)6-9/h2-3,6,8,10-11H,4-5,7H2,1H3. The molecule has 4 heteroatoms. The molecule has 0 saturated carbocycles. The molecule has 2 aliphatic heterocycles. The molecule has 3 unspecified atom stereocenters. The van der Waals surface area contributed by atoms with Crippen LogP contribution in [0, 0.1) is 11.8 Å². The maximum atomic E-state index is 12.3. The van der Waals surface area contributed by atoms with Crippen LogP contribution in [0.3, 0.4) is 0 Å². The molecule has 0 N–H and O–H groups in total. The van der Waals surface area contributed by atoms with Gasteiger partial charge in [-0.3, -0.25) is 9.59 Å². The molecule has 0 aromatic carbocycles. The van der Waals surface area contributed by atoms with Gasteiger partial charge < -0.3 is 9.64 Å². The van der Waals surface area contributed by atoms with E-state index in [0.717, 1.165) is 5.76 Å². The van der Waals surface area contributed by atoms with Crippen molar-refractivity contribution in [3.63, 3.8) is 0 Å². The van der Waals surface area contributed by atoms with E-state index in [1.165, 1.54) is 0 Å². The van der Waals surface area contributed by atoms with Crippen LogP contribution in [0.15, 0.2) is 24.0 Å². The van der Waals surface area contributed by atoms with Crippen LogP contribution < -0.4 is 0 Å². The Labute approximate surface area is 99.9 Å². The quantitative estimate of drug-likeness (QED) is 0.675. The Hall–Kier alpha value is -1.58. The maximum Gasteiger partial charge on any atom is 0.223 e. The van der Waals surface area contributed by atoms with Crippen molar-refractivity contribution in [3.05, 3.63) is 24.0 Å². The van der Waals surface area contributed by atoms with Gasteiger partial charge in [-0.1, -0.05) is 6.08 Å². The number of amides is 1. The molecule has 0 radical (unpaired) electrons. The highest BCUT2D eigenvalue weighted by Crippen LogP contribution is 2.36. The van der Waals surface area contributed by atoms with E-state index in [4.69, 9.17) is 4.74 Å². The smallest absolute Gasteiger partial charge is 0.223 e. The second kappa shape index (κ2) is 3.72. The monoisotopic (exact) mass is 233 g/mol. The Morgan fingerprint density at radius 3 is 3.00 bits per heavy atom. The first kappa shape index (κ1) is 10.6. The average Bonchev–Trinajstić information content (AvgIpc) is 2.72. The van der Waals surface area contributed by atoms with E-state index in [9.17, 15) is 9.59 Å². The molecule has 90 valence electrons. The summed E-state index contributed by atoms with van der Waals surface area (Å²) < 4.78 is 5.16. The highest BCUT2D eigenvalue weighted by molar-refractivity contribution is 5.96. The van der Waals surface area contributed by atoms with E-state index in [2.05, 4.69) is 0 Å². The number of hydrogen-bond donors (Lipinski definition) is 0. The fraction of sp³-hybridized carbons (Fsp3) is 0.538. The Morgan fingerprint density at radius 1 is 1.41 bits per heavy atom. The van der Waals surface area contributed by atoms with Gasteiger partial charge in [-0.25, -0.2) is 0 Å². The zero-order chi connectivity index (χ0) is 12.0. The summed E-state index contributed by atoms with van der Waals surface area (Å²) in [5.41, 5.74) is 0. The minimum absolute atomic E-state index is 0.109. The Kier molecular flexibility index (Phi) is 2.31. The SMILES string of the molecule is COC1=CC2C(=O)C3CCC(=O)N3CC2C=C1. The number of fused-ring (bicyclic) bond motifs is 2. The van der Waals surface area contributed by atoms with Crippen LogP contribution in [0.2, 0.25) is 0 Å². The third-order valence-corrected chi connectivity index (χ3v) is 3.94. The Balaban J connectivity index is 1.90. The molecule has 3 rings (SSSR count). The number of carbonyl (C=O) groups is 2.